The quantitative estimate of drug-likeness (QED) is 0.319. The number of aliphatic carboxylic acids is 1. The van der Waals surface area contributed by atoms with Gasteiger partial charge >= 0.3 is 5.97 Å². The van der Waals surface area contributed by atoms with Crippen LogP contribution in [0.5, 0.6) is 0 Å². The Hall–Kier alpha value is -0.690. The van der Waals surface area contributed by atoms with Gasteiger partial charge in [0.25, 0.3) is 0 Å². The molecule has 0 radical (unpaired) electrons. The van der Waals surface area contributed by atoms with Gasteiger partial charge in [0.2, 0.25) is 0 Å². The molecule has 0 aromatic carbocycles. The van der Waals surface area contributed by atoms with Gasteiger partial charge in [-0.05, 0) is 13.0 Å². The molecule has 0 rings (SSSR count). The van der Waals surface area contributed by atoms with E-state index in [0.717, 1.165) is 45.7 Å². The van der Waals surface area contributed by atoms with Crippen molar-refractivity contribution in [3.63, 3.8) is 0 Å². The average molecular weight is 288 g/mol. The van der Waals surface area contributed by atoms with Crippen molar-refractivity contribution in [3.05, 3.63) is 0 Å². The van der Waals surface area contributed by atoms with E-state index in [2.05, 4.69) is 17.6 Å². The van der Waals surface area contributed by atoms with Crippen LogP contribution in [0.3, 0.4) is 0 Å². The summed E-state index contributed by atoms with van der Waals surface area (Å²) in [7, 11) is 0. The van der Waals surface area contributed by atoms with E-state index in [1.165, 1.54) is 19.3 Å². The van der Waals surface area contributed by atoms with Gasteiger partial charge in [-0.25, -0.2) is 0 Å². The molecule has 0 aliphatic heterocycles. The molecule has 0 atom stereocenters. The lowest BCUT2D eigenvalue weighted by atomic mass is 10.2. The highest BCUT2D eigenvalue weighted by atomic mass is 16.4. The van der Waals surface area contributed by atoms with Crippen LogP contribution >= 0.6 is 0 Å². The molecule has 5 N–H and O–H groups in total. The number of hydrogen-bond acceptors (Lipinski definition) is 5. The van der Waals surface area contributed by atoms with Gasteiger partial charge in [-0.1, -0.05) is 26.2 Å². The Morgan fingerprint density at radius 2 is 1.75 bits per heavy atom. The van der Waals surface area contributed by atoms with Gasteiger partial charge in [-0.3, -0.25) is 9.69 Å². The molecule has 0 aromatic rings. The number of nitrogens with two attached hydrogens (primary N) is 1. The molecule has 0 aliphatic carbocycles. The minimum absolute atomic E-state index is 0.138. The summed E-state index contributed by atoms with van der Waals surface area (Å²) in [5.41, 5.74) is 5.38. The topological polar surface area (TPSA) is 90.6 Å². The van der Waals surface area contributed by atoms with Crippen LogP contribution in [-0.4, -0.2) is 68.3 Å². The number of nitrogens with one attached hydrogen (secondary N) is 2. The van der Waals surface area contributed by atoms with Crippen molar-refractivity contribution >= 4 is 5.97 Å². The molecule has 6 nitrogen and oxygen atoms in total. The van der Waals surface area contributed by atoms with E-state index >= 15 is 0 Å². The smallest absolute Gasteiger partial charge is 0.317 e. The summed E-state index contributed by atoms with van der Waals surface area (Å²) in [6.07, 6.45) is 4.70. The van der Waals surface area contributed by atoms with Gasteiger partial charge in [0.05, 0.1) is 6.54 Å². The normalized spacial score (nSPS) is 11.2. The van der Waals surface area contributed by atoms with Gasteiger partial charge in [-0.15, -0.1) is 0 Å². The van der Waals surface area contributed by atoms with E-state index in [1.807, 2.05) is 4.90 Å². The molecular formula is C14H32N4O2. The molecule has 0 saturated carbocycles. The molecular weight excluding hydrogens is 256 g/mol. The molecule has 0 fully saturated rings. The lowest BCUT2D eigenvalue weighted by molar-refractivity contribution is -0.138. The Bertz CT molecular complexity index is 227. The molecule has 0 aliphatic rings. The van der Waals surface area contributed by atoms with Gasteiger partial charge < -0.3 is 21.5 Å². The van der Waals surface area contributed by atoms with Crippen molar-refractivity contribution in [3.8, 4) is 0 Å². The fraction of sp³-hybridized carbons (Fsp3) is 0.929. The molecule has 0 amide bonds. The zero-order valence-corrected chi connectivity index (χ0v) is 12.9. The number of carboxylic acids is 1. The first-order valence-corrected chi connectivity index (χ1v) is 7.76. The average Bonchev–Trinajstić information content (AvgIpc) is 2.41. The van der Waals surface area contributed by atoms with Crippen molar-refractivity contribution < 1.29 is 9.90 Å². The van der Waals surface area contributed by atoms with E-state index in [9.17, 15) is 4.79 Å². The fourth-order valence-corrected chi connectivity index (χ4v) is 1.99. The van der Waals surface area contributed by atoms with Gasteiger partial charge in [0.15, 0.2) is 0 Å². The Morgan fingerprint density at radius 1 is 1.05 bits per heavy atom. The van der Waals surface area contributed by atoms with Crippen LogP contribution in [0.4, 0.5) is 0 Å². The third kappa shape index (κ3) is 13.7. The second-order valence-corrected chi connectivity index (χ2v) is 5.02. The number of hydrogen-bond donors (Lipinski definition) is 4. The van der Waals surface area contributed by atoms with Crippen molar-refractivity contribution in [2.45, 2.75) is 32.6 Å². The first kappa shape index (κ1) is 19.3. The predicted octanol–water partition coefficient (Wildman–Crippen LogP) is 0.0912. The second kappa shape index (κ2) is 14.7. The van der Waals surface area contributed by atoms with E-state index in [0.29, 0.717) is 6.54 Å². The molecule has 0 bridgehead atoms. The number of unbranched alkanes of at least 4 members (excludes halogenated alkanes) is 3. The zero-order chi connectivity index (χ0) is 15.1. The van der Waals surface area contributed by atoms with E-state index < -0.39 is 5.97 Å². The summed E-state index contributed by atoms with van der Waals surface area (Å²) in [5.74, 6) is -0.745. The lowest BCUT2D eigenvalue weighted by Gasteiger charge is -2.20. The van der Waals surface area contributed by atoms with Crippen molar-refractivity contribution in [1.82, 2.24) is 15.5 Å². The molecule has 6 heteroatoms. The molecule has 0 unspecified atom stereocenters. The maximum absolute atomic E-state index is 10.8. The zero-order valence-electron chi connectivity index (χ0n) is 12.9. The van der Waals surface area contributed by atoms with Gasteiger partial charge in [0.1, 0.15) is 0 Å². The van der Waals surface area contributed by atoms with Crippen LogP contribution < -0.4 is 16.4 Å². The van der Waals surface area contributed by atoms with Crippen LogP contribution in [0.1, 0.15) is 32.6 Å². The Kier molecular flexibility index (Phi) is 14.2. The fourth-order valence-electron chi connectivity index (χ4n) is 1.99. The largest absolute Gasteiger partial charge is 0.480 e. The van der Waals surface area contributed by atoms with E-state index in [4.69, 9.17) is 10.8 Å². The Morgan fingerprint density at radius 3 is 2.35 bits per heavy atom. The second-order valence-electron chi connectivity index (χ2n) is 5.02. The SMILES string of the molecule is CCCCCCN(CCNCCNCCN)CC(=O)O. The summed E-state index contributed by atoms with van der Waals surface area (Å²) in [5, 5.41) is 15.4. The molecule has 0 saturated heterocycles. The van der Waals surface area contributed by atoms with Crippen LogP contribution in [0.25, 0.3) is 0 Å². The minimum Gasteiger partial charge on any atom is -0.480 e. The van der Waals surface area contributed by atoms with Gasteiger partial charge in [0, 0.05) is 39.3 Å². The maximum Gasteiger partial charge on any atom is 0.317 e. The summed E-state index contributed by atoms with van der Waals surface area (Å²) in [4.78, 5) is 12.8. The first-order chi connectivity index (χ1) is 9.70. The standard InChI is InChI=1S/C14H32N4O2/c1-2-3-4-5-11-18(13-14(19)20)12-10-17-9-8-16-7-6-15/h16-17H,2-13,15H2,1H3,(H,19,20). The monoisotopic (exact) mass is 288 g/mol. The molecule has 0 spiro atoms. The summed E-state index contributed by atoms with van der Waals surface area (Å²) >= 11 is 0. The Labute approximate surface area is 123 Å². The van der Waals surface area contributed by atoms with Crippen molar-refractivity contribution in [2.24, 2.45) is 5.73 Å². The number of carbonyl (C=O) groups is 1. The highest BCUT2D eigenvalue weighted by molar-refractivity contribution is 5.69. The minimum atomic E-state index is -0.745. The number of rotatable bonds is 15. The van der Waals surface area contributed by atoms with Gasteiger partial charge in [-0.2, -0.15) is 0 Å². The Balaban J connectivity index is 3.61. The third-order valence-corrected chi connectivity index (χ3v) is 3.09. The maximum atomic E-state index is 10.8. The van der Waals surface area contributed by atoms with Crippen molar-refractivity contribution in [2.75, 3.05) is 52.4 Å². The highest BCUT2D eigenvalue weighted by Crippen LogP contribution is 2.01. The van der Waals surface area contributed by atoms with Crippen molar-refractivity contribution in [1.29, 1.82) is 0 Å². The van der Waals surface area contributed by atoms with E-state index in [1.54, 1.807) is 0 Å². The lowest BCUT2D eigenvalue weighted by Crippen LogP contribution is -2.38. The third-order valence-electron chi connectivity index (χ3n) is 3.09. The molecule has 120 valence electrons. The predicted molar refractivity (Wildman–Crippen MR) is 83.0 cm³/mol. The summed E-state index contributed by atoms with van der Waals surface area (Å²) in [6, 6.07) is 0. The molecule has 0 heterocycles. The van der Waals surface area contributed by atoms with Crippen LogP contribution in [0, 0.1) is 0 Å². The van der Waals surface area contributed by atoms with Crippen LogP contribution in [0.15, 0.2) is 0 Å². The highest BCUT2D eigenvalue weighted by Gasteiger charge is 2.08. The number of nitrogens with zero attached hydrogens (tertiary/aromatic N) is 1. The molecule has 0 aromatic heterocycles. The number of carboxylic acid groups (broad SMARTS) is 1. The van der Waals surface area contributed by atoms with Crippen LogP contribution in [0.2, 0.25) is 0 Å². The van der Waals surface area contributed by atoms with Crippen LogP contribution in [-0.2, 0) is 4.79 Å². The van der Waals surface area contributed by atoms with E-state index in [-0.39, 0.29) is 6.54 Å². The summed E-state index contributed by atoms with van der Waals surface area (Å²) < 4.78 is 0. The first-order valence-electron chi connectivity index (χ1n) is 7.76. The summed E-state index contributed by atoms with van der Waals surface area (Å²) in [6.45, 7) is 8.08. The molecule has 20 heavy (non-hydrogen) atoms.